The van der Waals surface area contributed by atoms with Gasteiger partial charge >= 0.3 is 0 Å². The summed E-state index contributed by atoms with van der Waals surface area (Å²) in [5, 5.41) is 3.10. The molecule has 0 heterocycles. The third-order valence-corrected chi connectivity index (χ3v) is 4.18. The van der Waals surface area contributed by atoms with Crippen molar-refractivity contribution >= 4 is 10.0 Å². The molecule has 4 nitrogen and oxygen atoms in total. The summed E-state index contributed by atoms with van der Waals surface area (Å²) >= 11 is 0. The molecule has 6 heteroatoms. The fraction of sp³-hybridized carbons (Fsp3) is 0.538. The summed E-state index contributed by atoms with van der Waals surface area (Å²) in [4.78, 5) is 0.111. The maximum atomic E-state index is 13.5. The van der Waals surface area contributed by atoms with E-state index in [0.29, 0.717) is 24.2 Å². The zero-order chi connectivity index (χ0) is 14.5. The Morgan fingerprint density at radius 3 is 2.21 bits per heavy atom. The van der Waals surface area contributed by atoms with Gasteiger partial charge in [0.15, 0.2) is 0 Å². The van der Waals surface area contributed by atoms with Crippen LogP contribution >= 0.6 is 0 Å². The van der Waals surface area contributed by atoms with Crippen molar-refractivity contribution < 1.29 is 12.8 Å². The SMILES string of the molecule is CCCNCCNS(=O)(=O)c1cc(C)c(F)c(C)c1. The first-order chi connectivity index (χ1) is 8.88. The minimum absolute atomic E-state index is 0.111. The molecule has 0 aromatic heterocycles. The summed E-state index contributed by atoms with van der Waals surface area (Å²) in [5.41, 5.74) is 0.675. The van der Waals surface area contributed by atoms with Crippen LogP contribution in [0.5, 0.6) is 0 Å². The molecule has 1 rings (SSSR count). The third kappa shape index (κ3) is 4.56. The smallest absolute Gasteiger partial charge is 0.240 e. The van der Waals surface area contributed by atoms with Crippen LogP contribution < -0.4 is 10.0 Å². The second-order valence-electron chi connectivity index (χ2n) is 4.52. The summed E-state index contributed by atoms with van der Waals surface area (Å²) in [6.45, 7) is 6.91. The van der Waals surface area contributed by atoms with Gasteiger partial charge in [0, 0.05) is 13.1 Å². The van der Waals surface area contributed by atoms with Crippen molar-refractivity contribution in [1.29, 1.82) is 0 Å². The summed E-state index contributed by atoms with van der Waals surface area (Å²) in [5.74, 6) is -0.358. The lowest BCUT2D eigenvalue weighted by Crippen LogP contribution is -2.32. The Balaban J connectivity index is 2.72. The molecule has 0 fully saturated rings. The standard InChI is InChI=1S/C13H21FN2O2S/c1-4-5-15-6-7-16-19(17,18)12-8-10(2)13(14)11(3)9-12/h8-9,15-16H,4-7H2,1-3H3. The molecule has 0 saturated carbocycles. The second-order valence-corrected chi connectivity index (χ2v) is 6.29. The van der Waals surface area contributed by atoms with Crippen LogP contribution in [-0.2, 0) is 10.0 Å². The van der Waals surface area contributed by atoms with Gasteiger partial charge in [0.05, 0.1) is 4.90 Å². The minimum atomic E-state index is -3.57. The van der Waals surface area contributed by atoms with E-state index in [9.17, 15) is 12.8 Å². The van der Waals surface area contributed by atoms with Gasteiger partial charge in [-0.1, -0.05) is 6.92 Å². The van der Waals surface area contributed by atoms with Gasteiger partial charge in [0.2, 0.25) is 10.0 Å². The van der Waals surface area contributed by atoms with E-state index in [4.69, 9.17) is 0 Å². The lowest BCUT2D eigenvalue weighted by molar-refractivity contribution is 0.573. The van der Waals surface area contributed by atoms with Crippen LogP contribution in [0.25, 0.3) is 0 Å². The molecule has 1 aromatic carbocycles. The third-order valence-electron chi connectivity index (χ3n) is 2.74. The Hall–Kier alpha value is -0.980. The Labute approximate surface area is 114 Å². The first-order valence-corrected chi connectivity index (χ1v) is 7.84. The fourth-order valence-corrected chi connectivity index (χ4v) is 2.92. The van der Waals surface area contributed by atoms with Crippen molar-refractivity contribution in [1.82, 2.24) is 10.0 Å². The van der Waals surface area contributed by atoms with Crippen molar-refractivity contribution in [3.05, 3.63) is 29.1 Å². The number of aryl methyl sites for hydroxylation is 2. The lowest BCUT2D eigenvalue weighted by Gasteiger charge is -2.10. The van der Waals surface area contributed by atoms with Crippen LogP contribution in [0.4, 0.5) is 4.39 Å². The molecule has 108 valence electrons. The highest BCUT2D eigenvalue weighted by Gasteiger charge is 2.16. The average Bonchev–Trinajstić information content (AvgIpc) is 2.35. The maximum absolute atomic E-state index is 13.5. The molecular weight excluding hydrogens is 267 g/mol. The van der Waals surface area contributed by atoms with Gasteiger partial charge in [-0.15, -0.1) is 0 Å². The molecule has 19 heavy (non-hydrogen) atoms. The number of hydrogen-bond donors (Lipinski definition) is 2. The molecule has 0 spiro atoms. The first kappa shape index (κ1) is 16.1. The number of benzene rings is 1. The van der Waals surface area contributed by atoms with Crippen molar-refractivity contribution in [2.24, 2.45) is 0 Å². The molecule has 0 aliphatic heterocycles. The predicted octanol–water partition coefficient (Wildman–Crippen LogP) is 1.72. The Morgan fingerprint density at radius 2 is 1.68 bits per heavy atom. The predicted molar refractivity (Wildman–Crippen MR) is 74.2 cm³/mol. The molecular formula is C13H21FN2O2S. The van der Waals surface area contributed by atoms with Crippen LogP contribution in [0.1, 0.15) is 24.5 Å². The summed E-state index contributed by atoms with van der Waals surface area (Å²) in [6.07, 6.45) is 1.00. The zero-order valence-corrected chi connectivity index (χ0v) is 12.4. The number of halogens is 1. The van der Waals surface area contributed by atoms with Crippen molar-refractivity contribution in [2.75, 3.05) is 19.6 Å². The molecule has 0 aliphatic carbocycles. The van der Waals surface area contributed by atoms with Crippen LogP contribution in [-0.4, -0.2) is 28.1 Å². The molecule has 0 radical (unpaired) electrons. The van der Waals surface area contributed by atoms with Crippen LogP contribution in [0.2, 0.25) is 0 Å². The topological polar surface area (TPSA) is 58.2 Å². The van der Waals surface area contributed by atoms with Crippen molar-refractivity contribution in [2.45, 2.75) is 32.1 Å². The quantitative estimate of drug-likeness (QED) is 0.751. The van der Waals surface area contributed by atoms with Gasteiger partial charge in [0.25, 0.3) is 0 Å². The van der Waals surface area contributed by atoms with E-state index in [0.717, 1.165) is 13.0 Å². The van der Waals surface area contributed by atoms with Gasteiger partial charge in [0.1, 0.15) is 5.82 Å². The van der Waals surface area contributed by atoms with Gasteiger partial charge in [-0.05, 0) is 50.1 Å². The first-order valence-electron chi connectivity index (χ1n) is 6.35. The monoisotopic (exact) mass is 288 g/mol. The summed E-state index contributed by atoms with van der Waals surface area (Å²) in [7, 11) is -3.57. The van der Waals surface area contributed by atoms with E-state index in [-0.39, 0.29) is 10.7 Å². The summed E-state index contributed by atoms with van der Waals surface area (Å²) in [6, 6.07) is 2.70. The Bertz CT molecular complexity index is 506. The number of rotatable bonds is 7. The molecule has 0 unspecified atom stereocenters. The van der Waals surface area contributed by atoms with Crippen molar-refractivity contribution in [3.8, 4) is 0 Å². The highest BCUT2D eigenvalue weighted by Crippen LogP contribution is 2.18. The Kier molecular flexibility index (Phi) is 5.90. The van der Waals surface area contributed by atoms with Gasteiger partial charge < -0.3 is 5.32 Å². The van der Waals surface area contributed by atoms with Crippen LogP contribution in [0.15, 0.2) is 17.0 Å². The molecule has 0 amide bonds. The van der Waals surface area contributed by atoms with E-state index >= 15 is 0 Å². The highest BCUT2D eigenvalue weighted by molar-refractivity contribution is 7.89. The molecule has 0 saturated heterocycles. The minimum Gasteiger partial charge on any atom is -0.315 e. The highest BCUT2D eigenvalue weighted by atomic mass is 32.2. The van der Waals surface area contributed by atoms with Gasteiger partial charge in [-0.25, -0.2) is 17.5 Å². The van der Waals surface area contributed by atoms with Crippen LogP contribution in [0, 0.1) is 19.7 Å². The van der Waals surface area contributed by atoms with Gasteiger partial charge in [-0.2, -0.15) is 0 Å². The molecule has 0 atom stereocenters. The molecule has 1 aromatic rings. The average molecular weight is 288 g/mol. The van der Waals surface area contributed by atoms with E-state index in [1.54, 1.807) is 13.8 Å². The lowest BCUT2D eigenvalue weighted by atomic mass is 10.1. The van der Waals surface area contributed by atoms with E-state index < -0.39 is 10.0 Å². The van der Waals surface area contributed by atoms with E-state index in [1.807, 2.05) is 6.92 Å². The van der Waals surface area contributed by atoms with E-state index in [2.05, 4.69) is 10.0 Å². The number of nitrogens with one attached hydrogen (secondary N) is 2. The number of sulfonamides is 1. The maximum Gasteiger partial charge on any atom is 0.240 e. The largest absolute Gasteiger partial charge is 0.315 e. The number of hydrogen-bond acceptors (Lipinski definition) is 3. The molecule has 0 bridgehead atoms. The molecule has 2 N–H and O–H groups in total. The molecule has 0 aliphatic rings. The zero-order valence-electron chi connectivity index (χ0n) is 11.6. The van der Waals surface area contributed by atoms with Crippen molar-refractivity contribution in [3.63, 3.8) is 0 Å². The fourth-order valence-electron chi connectivity index (χ4n) is 1.72. The van der Waals surface area contributed by atoms with Gasteiger partial charge in [-0.3, -0.25) is 0 Å². The Morgan fingerprint density at radius 1 is 1.11 bits per heavy atom. The summed E-state index contributed by atoms with van der Waals surface area (Å²) < 4.78 is 40.0. The second kappa shape index (κ2) is 6.98. The normalized spacial score (nSPS) is 11.8. The van der Waals surface area contributed by atoms with E-state index in [1.165, 1.54) is 12.1 Å². The van der Waals surface area contributed by atoms with Crippen LogP contribution in [0.3, 0.4) is 0 Å².